The Balaban J connectivity index is 0.000000449. The normalized spacial score (nSPS) is 22.9. The highest BCUT2D eigenvalue weighted by Crippen LogP contribution is 2.27. The number of hydrogen-bond acceptors (Lipinski definition) is 8. The predicted molar refractivity (Wildman–Crippen MR) is 85.1 cm³/mol. The molecule has 10 nitrogen and oxygen atoms in total. The number of nitrogens with two attached hydrogens (primary N) is 4. The van der Waals surface area contributed by atoms with Crippen molar-refractivity contribution < 1.29 is 28.6 Å². The van der Waals surface area contributed by atoms with Crippen LogP contribution in [0.3, 0.4) is 0 Å². The Morgan fingerprint density at radius 1 is 1.08 bits per heavy atom. The molecular formula is C14H28N4O6. The van der Waals surface area contributed by atoms with Gasteiger partial charge in [0.1, 0.15) is 6.04 Å². The van der Waals surface area contributed by atoms with Gasteiger partial charge in [0.25, 0.3) is 0 Å². The molecule has 1 heterocycles. The highest BCUT2D eigenvalue weighted by Gasteiger charge is 2.47. The monoisotopic (exact) mass is 348 g/mol. The summed E-state index contributed by atoms with van der Waals surface area (Å²) in [5.74, 6) is -2.86. The van der Waals surface area contributed by atoms with Crippen LogP contribution in [-0.2, 0) is 28.6 Å². The first-order valence-electron chi connectivity index (χ1n) is 7.53. The summed E-state index contributed by atoms with van der Waals surface area (Å²) in [6.07, 6.45) is 0.265. The molecule has 1 rings (SSSR count). The Kier molecular flexibility index (Phi) is 9.44. The average Bonchev–Trinajstić information content (AvgIpc) is 2.83. The molecule has 1 aliphatic rings. The number of primary amides is 2. The first-order valence-corrected chi connectivity index (χ1v) is 7.53. The van der Waals surface area contributed by atoms with Crippen molar-refractivity contribution >= 4 is 17.8 Å². The molecule has 0 spiro atoms. The van der Waals surface area contributed by atoms with Crippen LogP contribution in [0.15, 0.2) is 0 Å². The largest absolute Gasteiger partial charge is 0.468 e. The van der Waals surface area contributed by atoms with E-state index in [1.165, 1.54) is 7.11 Å². The van der Waals surface area contributed by atoms with Gasteiger partial charge >= 0.3 is 5.97 Å². The van der Waals surface area contributed by atoms with Gasteiger partial charge in [-0.3, -0.25) is 14.4 Å². The molecule has 0 aromatic carbocycles. The maximum absolute atomic E-state index is 10.8. The minimum Gasteiger partial charge on any atom is -0.468 e. The summed E-state index contributed by atoms with van der Waals surface area (Å²) >= 11 is 0. The Morgan fingerprint density at radius 3 is 1.88 bits per heavy atom. The van der Waals surface area contributed by atoms with Gasteiger partial charge in [0, 0.05) is 0 Å². The minimum atomic E-state index is -1.09. The summed E-state index contributed by atoms with van der Waals surface area (Å²) in [7, 11) is 1.34. The number of hydrogen-bond donors (Lipinski definition) is 4. The van der Waals surface area contributed by atoms with E-state index >= 15 is 0 Å². The number of carbonyl (C=O) groups excluding carboxylic acids is 3. The Morgan fingerprint density at radius 2 is 1.54 bits per heavy atom. The zero-order valence-electron chi connectivity index (χ0n) is 14.3. The number of carbonyl (C=O) groups is 3. The highest BCUT2D eigenvalue weighted by atomic mass is 16.8. The van der Waals surface area contributed by atoms with Gasteiger partial charge in [0.15, 0.2) is 18.0 Å². The molecule has 1 saturated heterocycles. The molecule has 24 heavy (non-hydrogen) atoms. The van der Waals surface area contributed by atoms with Crippen LogP contribution < -0.4 is 22.9 Å². The SMILES string of the molecule is CC1(C)O[C@@H](C(N)=O)[C@H](C(N)=O)O1.COC(=O)[C@@H](N)CCCCN. The van der Waals surface area contributed by atoms with Gasteiger partial charge in [-0.15, -0.1) is 0 Å². The van der Waals surface area contributed by atoms with Crippen molar-refractivity contribution in [1.82, 2.24) is 0 Å². The number of unbranched alkanes of at least 4 members (excludes halogenated alkanes) is 1. The smallest absolute Gasteiger partial charge is 0.322 e. The molecule has 0 saturated carbocycles. The summed E-state index contributed by atoms with van der Waals surface area (Å²) < 4.78 is 14.6. The van der Waals surface area contributed by atoms with Crippen LogP contribution in [0.25, 0.3) is 0 Å². The second-order valence-corrected chi connectivity index (χ2v) is 5.70. The third-order valence-electron chi connectivity index (χ3n) is 3.13. The maximum Gasteiger partial charge on any atom is 0.322 e. The molecule has 0 unspecified atom stereocenters. The van der Waals surface area contributed by atoms with E-state index in [0.717, 1.165) is 12.8 Å². The van der Waals surface area contributed by atoms with Crippen LogP contribution >= 0.6 is 0 Å². The van der Waals surface area contributed by atoms with Crippen LogP contribution in [0.4, 0.5) is 0 Å². The fraction of sp³-hybridized carbons (Fsp3) is 0.786. The van der Waals surface area contributed by atoms with Crippen LogP contribution in [0.2, 0.25) is 0 Å². The van der Waals surface area contributed by atoms with Crippen molar-refractivity contribution in [3.63, 3.8) is 0 Å². The second-order valence-electron chi connectivity index (χ2n) is 5.70. The minimum absolute atomic E-state index is 0.345. The van der Waals surface area contributed by atoms with Gasteiger partial charge < -0.3 is 37.1 Å². The molecule has 0 aromatic heterocycles. The van der Waals surface area contributed by atoms with Gasteiger partial charge in [-0.2, -0.15) is 0 Å². The van der Waals surface area contributed by atoms with E-state index in [4.69, 9.17) is 32.4 Å². The third kappa shape index (κ3) is 7.68. The zero-order valence-corrected chi connectivity index (χ0v) is 14.3. The number of rotatable bonds is 7. The first-order chi connectivity index (χ1) is 11.1. The fourth-order valence-corrected chi connectivity index (χ4v) is 1.96. The Bertz CT molecular complexity index is 419. The van der Waals surface area contributed by atoms with Crippen molar-refractivity contribution in [2.45, 2.75) is 57.1 Å². The van der Waals surface area contributed by atoms with Gasteiger partial charge in [-0.25, -0.2) is 0 Å². The number of esters is 1. The molecule has 8 N–H and O–H groups in total. The molecule has 1 fully saturated rings. The third-order valence-corrected chi connectivity index (χ3v) is 3.13. The lowest BCUT2D eigenvalue weighted by molar-refractivity contribution is -0.157. The van der Waals surface area contributed by atoms with E-state index in [-0.39, 0.29) is 5.97 Å². The summed E-state index contributed by atoms with van der Waals surface area (Å²) in [6, 6.07) is -0.480. The van der Waals surface area contributed by atoms with Crippen molar-refractivity contribution in [2.75, 3.05) is 13.7 Å². The molecule has 0 bridgehead atoms. The standard InChI is InChI=1S/C7H12N2O4.C7H16N2O2/c1-7(2)12-3(5(8)10)4(13-7)6(9)11;1-11-7(10)6(9)4-2-3-5-8/h3-4H,1-2H3,(H2,8,10)(H2,9,11);6H,2-5,8-9H2,1H3/t3-,4-;6-/m10/s1. The molecule has 140 valence electrons. The fourth-order valence-electron chi connectivity index (χ4n) is 1.96. The van der Waals surface area contributed by atoms with E-state index in [2.05, 4.69) is 4.74 Å². The van der Waals surface area contributed by atoms with Gasteiger partial charge in [-0.05, 0) is 33.2 Å². The molecule has 10 heteroatoms. The van der Waals surface area contributed by atoms with Gasteiger partial charge in [-0.1, -0.05) is 6.42 Å². The molecule has 1 aliphatic heterocycles. The number of ether oxygens (including phenoxy) is 3. The average molecular weight is 348 g/mol. The quantitative estimate of drug-likeness (QED) is 0.303. The number of amides is 2. The second kappa shape index (κ2) is 10.2. The molecule has 0 aromatic rings. The molecular weight excluding hydrogens is 320 g/mol. The highest BCUT2D eigenvalue weighted by molar-refractivity contribution is 5.89. The summed E-state index contributed by atoms with van der Waals surface area (Å²) in [5.41, 5.74) is 20.7. The molecule has 3 atom stereocenters. The van der Waals surface area contributed by atoms with E-state index in [1.54, 1.807) is 13.8 Å². The van der Waals surface area contributed by atoms with Crippen LogP contribution in [0.1, 0.15) is 33.1 Å². The van der Waals surface area contributed by atoms with E-state index < -0.39 is 35.9 Å². The topological polar surface area (TPSA) is 183 Å². The predicted octanol–water partition coefficient (Wildman–Crippen LogP) is -1.91. The summed E-state index contributed by atoms with van der Waals surface area (Å²) in [4.78, 5) is 32.4. The molecule has 0 radical (unpaired) electrons. The number of methoxy groups -OCH3 is 1. The van der Waals surface area contributed by atoms with Crippen molar-refractivity contribution in [3.05, 3.63) is 0 Å². The molecule has 0 aliphatic carbocycles. The van der Waals surface area contributed by atoms with E-state index in [1.807, 2.05) is 0 Å². The van der Waals surface area contributed by atoms with Gasteiger partial charge in [0.05, 0.1) is 7.11 Å². The summed E-state index contributed by atoms with van der Waals surface area (Å²) in [6.45, 7) is 3.80. The van der Waals surface area contributed by atoms with Crippen LogP contribution in [0.5, 0.6) is 0 Å². The lowest BCUT2D eigenvalue weighted by Crippen LogP contribution is -2.44. The Hall–Kier alpha value is -1.75. The maximum atomic E-state index is 10.8. The lowest BCUT2D eigenvalue weighted by atomic mass is 10.1. The zero-order chi connectivity index (χ0) is 18.9. The van der Waals surface area contributed by atoms with E-state index in [9.17, 15) is 14.4 Å². The van der Waals surface area contributed by atoms with Crippen molar-refractivity contribution in [2.24, 2.45) is 22.9 Å². The lowest BCUT2D eigenvalue weighted by Gasteiger charge is -2.15. The Labute approximate surface area is 141 Å². The first kappa shape index (κ1) is 22.2. The molecule has 2 amide bonds. The van der Waals surface area contributed by atoms with Crippen LogP contribution in [0, 0.1) is 0 Å². The van der Waals surface area contributed by atoms with Crippen molar-refractivity contribution in [1.29, 1.82) is 0 Å². The van der Waals surface area contributed by atoms with Gasteiger partial charge in [0.2, 0.25) is 11.8 Å². The van der Waals surface area contributed by atoms with Crippen molar-refractivity contribution in [3.8, 4) is 0 Å². The van der Waals surface area contributed by atoms with E-state index in [0.29, 0.717) is 13.0 Å². The van der Waals surface area contributed by atoms with Crippen LogP contribution in [-0.4, -0.2) is 55.5 Å². The summed E-state index contributed by atoms with van der Waals surface area (Å²) in [5, 5.41) is 0.